The van der Waals surface area contributed by atoms with Crippen LogP contribution in [0.4, 0.5) is 0 Å². The van der Waals surface area contributed by atoms with Gasteiger partial charge in [-0.2, -0.15) is 0 Å². The molecule has 0 saturated carbocycles. The van der Waals surface area contributed by atoms with Crippen LogP contribution in [0.3, 0.4) is 0 Å². The quantitative estimate of drug-likeness (QED) is 0.493. The van der Waals surface area contributed by atoms with Gasteiger partial charge < -0.3 is 9.64 Å². The molecule has 0 radical (unpaired) electrons. The minimum atomic E-state index is -0.405. The van der Waals surface area contributed by atoms with E-state index in [0.717, 1.165) is 11.1 Å². The van der Waals surface area contributed by atoms with Crippen LogP contribution in [0.5, 0.6) is 0 Å². The molecule has 0 unspecified atom stereocenters. The van der Waals surface area contributed by atoms with Gasteiger partial charge in [-0.3, -0.25) is 4.79 Å². The van der Waals surface area contributed by atoms with E-state index in [1.54, 1.807) is 29.2 Å². The van der Waals surface area contributed by atoms with E-state index in [1.165, 1.54) is 7.11 Å². The van der Waals surface area contributed by atoms with Gasteiger partial charge in [-0.25, -0.2) is 4.79 Å². The van der Waals surface area contributed by atoms with Crippen LogP contribution in [-0.2, 0) is 22.6 Å². The summed E-state index contributed by atoms with van der Waals surface area (Å²) in [7, 11) is 1.34. The van der Waals surface area contributed by atoms with Crippen LogP contribution in [0, 0.1) is 11.8 Å². The lowest BCUT2D eigenvalue weighted by atomic mass is 10.1. The predicted octanol–water partition coefficient (Wildman–Crippen LogP) is 4.05. The minimum absolute atomic E-state index is 0.255. The molecular formula is C25H21NO3. The molecule has 0 aromatic heterocycles. The molecule has 3 aromatic carbocycles. The second-order valence-electron chi connectivity index (χ2n) is 6.45. The zero-order valence-corrected chi connectivity index (χ0v) is 16.2. The van der Waals surface area contributed by atoms with Crippen LogP contribution in [-0.4, -0.2) is 23.9 Å². The molecule has 0 fully saturated rings. The van der Waals surface area contributed by atoms with Gasteiger partial charge in [0.25, 0.3) is 5.91 Å². The number of carbonyl (C=O) groups excluding carboxylic acids is 2. The molecule has 144 valence electrons. The van der Waals surface area contributed by atoms with Gasteiger partial charge in [0.2, 0.25) is 0 Å². The molecule has 0 atom stereocenters. The summed E-state index contributed by atoms with van der Waals surface area (Å²) < 4.78 is 4.68. The van der Waals surface area contributed by atoms with Crippen molar-refractivity contribution in [3.63, 3.8) is 0 Å². The van der Waals surface area contributed by atoms with Crippen molar-refractivity contribution in [1.29, 1.82) is 0 Å². The number of hydrogen-bond donors (Lipinski definition) is 0. The van der Waals surface area contributed by atoms with Crippen molar-refractivity contribution < 1.29 is 14.3 Å². The Balaban J connectivity index is 1.77. The standard InChI is InChI=1S/C25H21NO3/c1-29-25(28)23-15-12-20(13-16-23)14-17-24(27)26(18-21-8-4-2-5-9-21)19-22-10-6-3-7-11-22/h2-13,15-16H,18-19H2,1H3. The van der Waals surface area contributed by atoms with Crippen molar-refractivity contribution in [3.8, 4) is 11.8 Å². The highest BCUT2D eigenvalue weighted by molar-refractivity contribution is 5.94. The van der Waals surface area contributed by atoms with Crippen molar-refractivity contribution in [1.82, 2.24) is 4.90 Å². The van der Waals surface area contributed by atoms with Crippen molar-refractivity contribution in [2.24, 2.45) is 0 Å². The number of benzene rings is 3. The average Bonchev–Trinajstić information content (AvgIpc) is 2.78. The zero-order chi connectivity index (χ0) is 20.5. The minimum Gasteiger partial charge on any atom is -0.465 e. The molecule has 4 nitrogen and oxygen atoms in total. The third kappa shape index (κ3) is 5.82. The molecular weight excluding hydrogens is 362 g/mol. The molecule has 1 amide bonds. The first kappa shape index (κ1) is 19.9. The monoisotopic (exact) mass is 383 g/mol. The molecule has 0 aliphatic carbocycles. The number of nitrogens with zero attached hydrogens (tertiary/aromatic N) is 1. The first-order chi connectivity index (χ1) is 14.2. The van der Waals surface area contributed by atoms with E-state index in [9.17, 15) is 9.59 Å². The number of esters is 1. The Kier molecular flexibility index (Phi) is 6.80. The molecule has 0 bridgehead atoms. The summed E-state index contributed by atoms with van der Waals surface area (Å²) in [4.78, 5) is 26.1. The van der Waals surface area contributed by atoms with E-state index < -0.39 is 5.97 Å². The van der Waals surface area contributed by atoms with E-state index in [4.69, 9.17) is 0 Å². The Morgan fingerprint density at radius 1 is 0.793 bits per heavy atom. The first-order valence-electron chi connectivity index (χ1n) is 9.23. The van der Waals surface area contributed by atoms with Gasteiger partial charge in [0.15, 0.2) is 0 Å². The molecule has 3 aromatic rings. The van der Waals surface area contributed by atoms with Crippen LogP contribution < -0.4 is 0 Å². The Morgan fingerprint density at radius 2 is 1.31 bits per heavy atom. The summed E-state index contributed by atoms with van der Waals surface area (Å²) >= 11 is 0. The van der Waals surface area contributed by atoms with Crippen LogP contribution in [0.25, 0.3) is 0 Å². The molecule has 0 aliphatic heterocycles. The summed E-state index contributed by atoms with van der Waals surface area (Å²) in [5.41, 5.74) is 3.19. The number of rotatable bonds is 5. The fourth-order valence-electron chi connectivity index (χ4n) is 2.82. The molecule has 0 N–H and O–H groups in total. The van der Waals surface area contributed by atoms with Gasteiger partial charge in [0, 0.05) is 24.6 Å². The Labute approximate surface area is 170 Å². The summed E-state index contributed by atoms with van der Waals surface area (Å²) in [5, 5.41) is 0. The lowest BCUT2D eigenvalue weighted by molar-refractivity contribution is -0.126. The smallest absolute Gasteiger partial charge is 0.337 e. The predicted molar refractivity (Wildman–Crippen MR) is 112 cm³/mol. The molecule has 0 spiro atoms. The second-order valence-corrected chi connectivity index (χ2v) is 6.45. The fraction of sp³-hybridized carbons (Fsp3) is 0.120. The molecule has 0 heterocycles. The Hall–Kier alpha value is -3.84. The topological polar surface area (TPSA) is 46.6 Å². The molecule has 3 rings (SSSR count). The van der Waals surface area contributed by atoms with Gasteiger partial charge in [0.05, 0.1) is 12.7 Å². The highest BCUT2D eigenvalue weighted by Gasteiger charge is 2.12. The Bertz CT molecular complexity index is 975. The third-order valence-electron chi connectivity index (χ3n) is 4.34. The highest BCUT2D eigenvalue weighted by atomic mass is 16.5. The first-order valence-corrected chi connectivity index (χ1v) is 9.23. The number of amides is 1. The summed E-state index contributed by atoms with van der Waals surface area (Å²) in [6, 6.07) is 26.3. The molecule has 4 heteroatoms. The van der Waals surface area contributed by atoms with Gasteiger partial charge in [-0.15, -0.1) is 0 Å². The van der Waals surface area contributed by atoms with E-state index in [0.29, 0.717) is 24.2 Å². The highest BCUT2D eigenvalue weighted by Crippen LogP contribution is 2.11. The van der Waals surface area contributed by atoms with Gasteiger partial charge in [-0.05, 0) is 35.4 Å². The second kappa shape index (κ2) is 9.91. The van der Waals surface area contributed by atoms with Crippen molar-refractivity contribution >= 4 is 11.9 Å². The van der Waals surface area contributed by atoms with Crippen molar-refractivity contribution in [2.45, 2.75) is 13.1 Å². The maximum Gasteiger partial charge on any atom is 0.337 e. The largest absolute Gasteiger partial charge is 0.465 e. The van der Waals surface area contributed by atoms with Crippen LogP contribution in [0.2, 0.25) is 0 Å². The number of carbonyl (C=O) groups is 2. The molecule has 29 heavy (non-hydrogen) atoms. The normalized spacial score (nSPS) is 9.83. The number of hydrogen-bond acceptors (Lipinski definition) is 3. The molecule has 0 aliphatic rings. The summed E-state index contributed by atoms with van der Waals surface area (Å²) in [6.07, 6.45) is 0. The average molecular weight is 383 g/mol. The van der Waals surface area contributed by atoms with E-state index in [2.05, 4.69) is 16.6 Å². The van der Waals surface area contributed by atoms with Crippen LogP contribution in [0.15, 0.2) is 84.9 Å². The van der Waals surface area contributed by atoms with Gasteiger partial charge in [0.1, 0.15) is 0 Å². The lowest BCUT2D eigenvalue weighted by Gasteiger charge is -2.20. The summed E-state index contributed by atoms with van der Waals surface area (Å²) in [6.45, 7) is 0.953. The number of methoxy groups -OCH3 is 1. The van der Waals surface area contributed by atoms with E-state index >= 15 is 0 Å². The maximum atomic E-state index is 12.8. The zero-order valence-electron chi connectivity index (χ0n) is 16.2. The number of ether oxygens (including phenoxy) is 1. The lowest BCUT2D eigenvalue weighted by Crippen LogP contribution is -2.28. The van der Waals surface area contributed by atoms with Crippen molar-refractivity contribution in [2.75, 3.05) is 7.11 Å². The van der Waals surface area contributed by atoms with Gasteiger partial charge in [-0.1, -0.05) is 66.6 Å². The van der Waals surface area contributed by atoms with Crippen LogP contribution in [0.1, 0.15) is 27.0 Å². The Morgan fingerprint density at radius 3 is 1.79 bits per heavy atom. The molecule has 0 saturated heterocycles. The maximum absolute atomic E-state index is 12.8. The van der Waals surface area contributed by atoms with Gasteiger partial charge >= 0.3 is 5.97 Å². The van der Waals surface area contributed by atoms with E-state index in [-0.39, 0.29) is 5.91 Å². The van der Waals surface area contributed by atoms with Crippen molar-refractivity contribution in [3.05, 3.63) is 107 Å². The fourth-order valence-corrected chi connectivity index (χ4v) is 2.82. The van der Waals surface area contributed by atoms with E-state index in [1.807, 2.05) is 60.7 Å². The van der Waals surface area contributed by atoms with Crippen LogP contribution >= 0.6 is 0 Å². The summed E-state index contributed by atoms with van der Waals surface area (Å²) in [5.74, 6) is 4.95. The third-order valence-corrected chi connectivity index (χ3v) is 4.34. The SMILES string of the molecule is COC(=O)c1ccc(C#CC(=O)N(Cc2ccccc2)Cc2ccccc2)cc1.